The van der Waals surface area contributed by atoms with Gasteiger partial charge in [0.05, 0.1) is 16.6 Å². The third-order valence-corrected chi connectivity index (χ3v) is 2.64. The van der Waals surface area contributed by atoms with Crippen LogP contribution in [0.15, 0.2) is 12.1 Å². The standard InChI is InChI=1S/C9H7ClF3N/c10-7-2-4(11)1-5(8(7)14)6-3-9(6,12)13/h1-2,6H,3,14H2. The lowest BCUT2D eigenvalue weighted by Gasteiger charge is -2.06. The summed E-state index contributed by atoms with van der Waals surface area (Å²) in [6, 6.07) is 2.04. The van der Waals surface area contributed by atoms with Crippen LogP contribution in [0.2, 0.25) is 5.02 Å². The van der Waals surface area contributed by atoms with Crippen molar-refractivity contribution in [2.24, 2.45) is 0 Å². The molecule has 0 radical (unpaired) electrons. The third-order valence-electron chi connectivity index (χ3n) is 2.33. The number of nitrogens with two attached hydrogens (primary N) is 1. The normalized spacial score (nSPS) is 23.6. The molecular formula is C9H7ClF3N. The predicted molar refractivity (Wildman–Crippen MR) is 48.1 cm³/mol. The van der Waals surface area contributed by atoms with Gasteiger partial charge in [-0.25, -0.2) is 13.2 Å². The summed E-state index contributed by atoms with van der Waals surface area (Å²) in [5.74, 6) is -4.37. The maximum Gasteiger partial charge on any atom is 0.256 e. The van der Waals surface area contributed by atoms with Crippen LogP contribution < -0.4 is 5.73 Å². The average molecular weight is 222 g/mol. The van der Waals surface area contributed by atoms with Crippen molar-refractivity contribution in [3.63, 3.8) is 0 Å². The van der Waals surface area contributed by atoms with E-state index in [0.29, 0.717) is 0 Å². The zero-order chi connectivity index (χ0) is 10.5. The van der Waals surface area contributed by atoms with Crippen LogP contribution in [0.4, 0.5) is 18.9 Å². The van der Waals surface area contributed by atoms with E-state index in [1.807, 2.05) is 0 Å². The molecule has 76 valence electrons. The largest absolute Gasteiger partial charge is 0.397 e. The Labute approximate surface area is 83.7 Å². The van der Waals surface area contributed by atoms with Gasteiger partial charge in [-0.05, 0) is 17.7 Å². The molecule has 0 aromatic heterocycles. The van der Waals surface area contributed by atoms with E-state index in [9.17, 15) is 13.2 Å². The Bertz CT molecular complexity index is 392. The van der Waals surface area contributed by atoms with Crippen molar-refractivity contribution in [3.8, 4) is 0 Å². The fourth-order valence-corrected chi connectivity index (χ4v) is 1.66. The second-order valence-electron chi connectivity index (χ2n) is 3.41. The molecule has 0 heterocycles. The minimum Gasteiger partial charge on any atom is -0.397 e. The number of hydrogen-bond donors (Lipinski definition) is 1. The van der Waals surface area contributed by atoms with Gasteiger partial charge in [-0.15, -0.1) is 0 Å². The molecule has 0 bridgehead atoms. The van der Waals surface area contributed by atoms with Crippen molar-refractivity contribution in [2.45, 2.75) is 18.3 Å². The minimum absolute atomic E-state index is 0.0114. The highest BCUT2D eigenvalue weighted by Crippen LogP contribution is 2.57. The Hall–Kier alpha value is -0.900. The van der Waals surface area contributed by atoms with E-state index < -0.39 is 17.7 Å². The van der Waals surface area contributed by atoms with Crippen LogP contribution >= 0.6 is 11.6 Å². The maximum absolute atomic E-state index is 12.9. The lowest BCUT2D eigenvalue weighted by molar-refractivity contribution is 0.112. The zero-order valence-corrected chi connectivity index (χ0v) is 7.78. The topological polar surface area (TPSA) is 26.0 Å². The van der Waals surface area contributed by atoms with Crippen LogP contribution in [-0.2, 0) is 0 Å². The van der Waals surface area contributed by atoms with Crippen LogP contribution in [-0.4, -0.2) is 5.92 Å². The van der Waals surface area contributed by atoms with Crippen molar-refractivity contribution in [1.29, 1.82) is 0 Å². The van der Waals surface area contributed by atoms with Crippen molar-refractivity contribution < 1.29 is 13.2 Å². The van der Waals surface area contributed by atoms with Gasteiger partial charge in [0, 0.05) is 6.42 Å². The maximum atomic E-state index is 12.9. The summed E-state index contributed by atoms with van der Waals surface area (Å²) in [5.41, 5.74) is 5.64. The number of anilines is 1. The van der Waals surface area contributed by atoms with Gasteiger partial charge in [-0.1, -0.05) is 11.6 Å². The zero-order valence-electron chi connectivity index (χ0n) is 7.03. The van der Waals surface area contributed by atoms with Gasteiger partial charge in [-0.2, -0.15) is 0 Å². The van der Waals surface area contributed by atoms with E-state index in [2.05, 4.69) is 0 Å². The number of alkyl halides is 2. The average Bonchev–Trinajstić information content (AvgIpc) is 2.67. The molecule has 5 heteroatoms. The van der Waals surface area contributed by atoms with E-state index in [4.69, 9.17) is 17.3 Å². The summed E-state index contributed by atoms with van der Waals surface area (Å²) < 4.78 is 38.3. The number of hydrogen-bond acceptors (Lipinski definition) is 1. The van der Waals surface area contributed by atoms with Crippen LogP contribution in [0.3, 0.4) is 0 Å². The molecule has 2 rings (SSSR count). The fourth-order valence-electron chi connectivity index (χ4n) is 1.44. The molecule has 1 aromatic rings. The SMILES string of the molecule is Nc1c(Cl)cc(F)cc1C1CC1(F)F. The van der Waals surface area contributed by atoms with E-state index in [-0.39, 0.29) is 22.7 Å². The summed E-state index contributed by atoms with van der Waals surface area (Å²) in [4.78, 5) is 0. The van der Waals surface area contributed by atoms with Crippen LogP contribution in [0.25, 0.3) is 0 Å². The Morgan fingerprint density at radius 1 is 1.43 bits per heavy atom. The molecule has 1 aromatic carbocycles. The first-order valence-electron chi connectivity index (χ1n) is 4.04. The molecule has 1 fully saturated rings. The van der Waals surface area contributed by atoms with Crippen molar-refractivity contribution in [2.75, 3.05) is 5.73 Å². The van der Waals surface area contributed by atoms with E-state index in [1.54, 1.807) is 0 Å². The number of halogens is 4. The first kappa shape index (κ1) is 9.65. The van der Waals surface area contributed by atoms with Gasteiger partial charge < -0.3 is 5.73 Å². The Morgan fingerprint density at radius 3 is 2.50 bits per heavy atom. The molecule has 0 saturated heterocycles. The van der Waals surface area contributed by atoms with E-state index >= 15 is 0 Å². The lowest BCUT2D eigenvalue weighted by atomic mass is 10.1. The molecule has 0 amide bonds. The summed E-state index contributed by atoms with van der Waals surface area (Å²) in [5, 5.41) is -0.0114. The molecule has 2 N–H and O–H groups in total. The lowest BCUT2D eigenvalue weighted by Crippen LogP contribution is -1.99. The van der Waals surface area contributed by atoms with Crippen LogP contribution in [0, 0.1) is 5.82 Å². The summed E-state index contributed by atoms with van der Waals surface area (Å²) in [7, 11) is 0. The van der Waals surface area contributed by atoms with Crippen LogP contribution in [0.5, 0.6) is 0 Å². The molecular weight excluding hydrogens is 215 g/mol. The monoisotopic (exact) mass is 221 g/mol. The molecule has 1 nitrogen and oxygen atoms in total. The van der Waals surface area contributed by atoms with Crippen LogP contribution in [0.1, 0.15) is 17.9 Å². The van der Waals surface area contributed by atoms with Gasteiger partial charge in [0.2, 0.25) is 0 Å². The molecule has 0 spiro atoms. The van der Waals surface area contributed by atoms with Gasteiger partial charge >= 0.3 is 0 Å². The predicted octanol–water partition coefficient (Wildman–Crippen LogP) is 3.18. The van der Waals surface area contributed by atoms with Gasteiger partial charge in [0.15, 0.2) is 0 Å². The van der Waals surface area contributed by atoms with Crippen molar-refractivity contribution >= 4 is 17.3 Å². The Balaban J connectivity index is 2.44. The molecule has 0 aliphatic heterocycles. The molecule has 14 heavy (non-hydrogen) atoms. The number of nitrogen functional groups attached to an aromatic ring is 1. The first-order chi connectivity index (χ1) is 6.42. The van der Waals surface area contributed by atoms with Gasteiger partial charge in [0.25, 0.3) is 5.92 Å². The summed E-state index contributed by atoms with van der Waals surface area (Å²) in [6.45, 7) is 0. The summed E-state index contributed by atoms with van der Waals surface area (Å²) in [6.07, 6.45) is -0.281. The smallest absolute Gasteiger partial charge is 0.256 e. The highest BCUT2D eigenvalue weighted by atomic mass is 35.5. The van der Waals surface area contributed by atoms with Gasteiger partial charge in [-0.3, -0.25) is 0 Å². The molecule has 1 unspecified atom stereocenters. The Morgan fingerprint density at radius 2 is 2.00 bits per heavy atom. The fraction of sp³-hybridized carbons (Fsp3) is 0.333. The highest BCUT2D eigenvalue weighted by molar-refractivity contribution is 6.33. The second-order valence-corrected chi connectivity index (χ2v) is 3.82. The quantitative estimate of drug-likeness (QED) is 0.725. The minimum atomic E-state index is -2.76. The third kappa shape index (κ3) is 1.43. The first-order valence-corrected chi connectivity index (χ1v) is 4.42. The number of rotatable bonds is 1. The van der Waals surface area contributed by atoms with E-state index in [0.717, 1.165) is 12.1 Å². The van der Waals surface area contributed by atoms with Crippen molar-refractivity contribution in [1.82, 2.24) is 0 Å². The summed E-state index contributed by atoms with van der Waals surface area (Å²) >= 11 is 5.57. The molecule has 1 aliphatic rings. The van der Waals surface area contributed by atoms with E-state index in [1.165, 1.54) is 0 Å². The highest BCUT2D eigenvalue weighted by Gasteiger charge is 2.58. The number of benzene rings is 1. The molecule has 1 aliphatic carbocycles. The van der Waals surface area contributed by atoms with Crippen molar-refractivity contribution in [3.05, 3.63) is 28.5 Å². The molecule has 1 saturated carbocycles. The molecule has 1 atom stereocenters. The Kier molecular flexibility index (Phi) is 1.93. The van der Waals surface area contributed by atoms with Gasteiger partial charge in [0.1, 0.15) is 5.82 Å². The second kappa shape index (κ2) is 2.79.